The molecule has 1 fully saturated rings. The van der Waals surface area contributed by atoms with Crippen LogP contribution in [-0.4, -0.2) is 36.1 Å². The van der Waals surface area contributed by atoms with Gasteiger partial charge in [-0.25, -0.2) is 18.1 Å². The van der Waals surface area contributed by atoms with Crippen LogP contribution < -0.4 is 4.72 Å². The van der Waals surface area contributed by atoms with Crippen LogP contribution in [0.1, 0.15) is 25.7 Å². The van der Waals surface area contributed by atoms with Crippen LogP contribution >= 0.6 is 11.6 Å². The molecule has 0 radical (unpaired) electrons. The molecule has 0 aliphatic heterocycles. The van der Waals surface area contributed by atoms with Gasteiger partial charge in [0.05, 0.1) is 16.5 Å². The summed E-state index contributed by atoms with van der Waals surface area (Å²) in [6.07, 6.45) is 5.89. The Morgan fingerprint density at radius 3 is 3.05 bits per heavy atom. The Morgan fingerprint density at radius 1 is 1.45 bits per heavy atom. The molecule has 2 unspecified atom stereocenters. The molecule has 0 spiro atoms. The van der Waals surface area contributed by atoms with Gasteiger partial charge in [0.25, 0.3) is 0 Å². The van der Waals surface area contributed by atoms with Crippen molar-refractivity contribution < 1.29 is 13.5 Å². The molecule has 0 aromatic carbocycles. The van der Waals surface area contributed by atoms with Gasteiger partial charge in [0.2, 0.25) is 10.0 Å². The molecule has 3 rings (SSSR count). The summed E-state index contributed by atoms with van der Waals surface area (Å²) in [7, 11) is -3.67. The fraction of sp³-hybridized carbons (Fsp3) is 0.500. The van der Waals surface area contributed by atoms with E-state index in [4.69, 9.17) is 11.6 Å². The number of nitrogens with one attached hydrogen (secondary N) is 2. The second-order valence-electron chi connectivity index (χ2n) is 5.71. The van der Waals surface area contributed by atoms with E-state index in [2.05, 4.69) is 14.7 Å². The van der Waals surface area contributed by atoms with E-state index >= 15 is 0 Å². The van der Waals surface area contributed by atoms with E-state index in [1.165, 1.54) is 12.4 Å². The summed E-state index contributed by atoms with van der Waals surface area (Å²) in [6.45, 7) is 0.323. The summed E-state index contributed by atoms with van der Waals surface area (Å²) in [5, 5.41) is 10.4. The van der Waals surface area contributed by atoms with E-state index in [-0.39, 0.29) is 16.9 Å². The molecule has 22 heavy (non-hydrogen) atoms. The molecule has 0 amide bonds. The zero-order valence-electron chi connectivity index (χ0n) is 11.9. The van der Waals surface area contributed by atoms with Crippen LogP contribution in [0.3, 0.4) is 0 Å². The quantitative estimate of drug-likeness (QED) is 0.791. The lowest BCUT2D eigenvalue weighted by Crippen LogP contribution is -2.33. The third-order valence-electron chi connectivity index (χ3n) is 4.09. The number of hydrogen-bond donors (Lipinski definition) is 3. The van der Waals surface area contributed by atoms with E-state index in [0.717, 1.165) is 19.3 Å². The fourth-order valence-corrected chi connectivity index (χ4v) is 4.56. The van der Waals surface area contributed by atoms with Crippen LogP contribution in [0, 0.1) is 5.92 Å². The summed E-state index contributed by atoms with van der Waals surface area (Å²) >= 11 is 6.09. The van der Waals surface area contributed by atoms with Gasteiger partial charge in [-0.3, -0.25) is 0 Å². The Hall–Kier alpha value is -1.15. The number of hydrogen-bond acceptors (Lipinski definition) is 4. The molecule has 6 nitrogen and oxygen atoms in total. The predicted molar refractivity (Wildman–Crippen MR) is 84.3 cm³/mol. The SMILES string of the molecule is O=S(=O)(NCC1CCCC(O)C1)c1c[nH]c2nccc(Cl)c12. The highest BCUT2D eigenvalue weighted by Crippen LogP contribution is 2.29. The Bertz CT molecular complexity index is 775. The molecule has 1 aliphatic rings. The van der Waals surface area contributed by atoms with Crippen molar-refractivity contribution in [2.75, 3.05) is 6.54 Å². The van der Waals surface area contributed by atoms with Crippen LogP contribution in [-0.2, 0) is 10.0 Å². The number of halogens is 1. The second kappa shape index (κ2) is 6.16. The van der Waals surface area contributed by atoms with E-state index in [1.807, 2.05) is 0 Å². The number of pyridine rings is 1. The maximum Gasteiger partial charge on any atom is 0.242 e. The molecule has 1 saturated carbocycles. The molecule has 2 aromatic heterocycles. The van der Waals surface area contributed by atoms with Gasteiger partial charge in [0.15, 0.2) is 0 Å². The van der Waals surface area contributed by atoms with Crippen molar-refractivity contribution in [3.8, 4) is 0 Å². The number of fused-ring (bicyclic) bond motifs is 1. The zero-order chi connectivity index (χ0) is 15.7. The number of nitrogens with zero attached hydrogens (tertiary/aromatic N) is 1. The fourth-order valence-electron chi connectivity index (χ4n) is 2.95. The minimum absolute atomic E-state index is 0.108. The van der Waals surface area contributed by atoms with Gasteiger partial charge in [0.1, 0.15) is 10.5 Å². The molecule has 2 aromatic rings. The number of sulfonamides is 1. The summed E-state index contributed by atoms with van der Waals surface area (Å²) in [5.74, 6) is 0.164. The lowest BCUT2D eigenvalue weighted by Gasteiger charge is -2.25. The van der Waals surface area contributed by atoms with E-state index in [0.29, 0.717) is 29.0 Å². The van der Waals surface area contributed by atoms with Crippen molar-refractivity contribution in [2.45, 2.75) is 36.7 Å². The topological polar surface area (TPSA) is 95.1 Å². The number of aromatic nitrogens is 2. The molecule has 2 heterocycles. The largest absolute Gasteiger partial charge is 0.393 e. The lowest BCUT2D eigenvalue weighted by atomic mass is 9.87. The van der Waals surface area contributed by atoms with Crippen LogP contribution in [0.25, 0.3) is 11.0 Å². The lowest BCUT2D eigenvalue weighted by molar-refractivity contribution is 0.102. The number of aromatic amines is 1. The molecular formula is C14H18ClN3O3S. The minimum atomic E-state index is -3.67. The first-order valence-electron chi connectivity index (χ1n) is 7.26. The molecule has 120 valence electrons. The molecule has 2 atom stereocenters. The minimum Gasteiger partial charge on any atom is -0.393 e. The van der Waals surface area contributed by atoms with Gasteiger partial charge in [-0.15, -0.1) is 0 Å². The van der Waals surface area contributed by atoms with Crippen molar-refractivity contribution in [3.05, 3.63) is 23.5 Å². The average Bonchev–Trinajstić information content (AvgIpc) is 2.92. The standard InChI is InChI=1S/C14H18ClN3O3S/c15-11-4-5-16-14-13(11)12(8-17-14)22(20,21)18-7-9-2-1-3-10(19)6-9/h4-5,8-10,18-19H,1-3,6-7H2,(H,16,17). The Kier molecular flexibility index (Phi) is 4.40. The van der Waals surface area contributed by atoms with Crippen molar-refractivity contribution in [3.63, 3.8) is 0 Å². The highest BCUT2D eigenvalue weighted by molar-refractivity contribution is 7.89. The Labute approximate surface area is 133 Å². The van der Waals surface area contributed by atoms with E-state index in [9.17, 15) is 13.5 Å². The molecular weight excluding hydrogens is 326 g/mol. The summed E-state index contributed by atoms with van der Waals surface area (Å²) in [6, 6.07) is 1.56. The van der Waals surface area contributed by atoms with Crippen molar-refractivity contribution in [1.29, 1.82) is 0 Å². The first kappa shape index (κ1) is 15.7. The van der Waals surface area contributed by atoms with Gasteiger partial charge < -0.3 is 10.1 Å². The number of aliphatic hydroxyl groups is 1. The molecule has 1 aliphatic carbocycles. The smallest absolute Gasteiger partial charge is 0.242 e. The van der Waals surface area contributed by atoms with Crippen LogP contribution in [0.15, 0.2) is 23.4 Å². The van der Waals surface area contributed by atoms with E-state index in [1.54, 1.807) is 6.07 Å². The summed E-state index contributed by atoms with van der Waals surface area (Å²) < 4.78 is 27.6. The number of H-pyrrole nitrogens is 1. The van der Waals surface area contributed by atoms with Crippen molar-refractivity contribution in [2.24, 2.45) is 5.92 Å². The van der Waals surface area contributed by atoms with Gasteiger partial charge >= 0.3 is 0 Å². The third-order valence-corrected chi connectivity index (χ3v) is 5.86. The van der Waals surface area contributed by atoms with Crippen LogP contribution in [0.2, 0.25) is 5.02 Å². The molecule has 8 heteroatoms. The first-order valence-corrected chi connectivity index (χ1v) is 9.13. The normalized spacial score (nSPS) is 23.0. The van der Waals surface area contributed by atoms with Gasteiger partial charge in [0, 0.05) is 18.9 Å². The monoisotopic (exact) mass is 343 g/mol. The molecule has 0 saturated heterocycles. The number of rotatable bonds is 4. The van der Waals surface area contributed by atoms with E-state index < -0.39 is 10.0 Å². The van der Waals surface area contributed by atoms with Crippen molar-refractivity contribution in [1.82, 2.24) is 14.7 Å². The summed E-state index contributed by atoms with van der Waals surface area (Å²) in [5.41, 5.74) is 0.445. The Morgan fingerprint density at radius 2 is 2.27 bits per heavy atom. The van der Waals surface area contributed by atoms with Gasteiger partial charge in [-0.2, -0.15) is 0 Å². The molecule has 0 bridgehead atoms. The first-order chi connectivity index (χ1) is 10.5. The maximum absolute atomic E-state index is 12.5. The van der Waals surface area contributed by atoms with Crippen LogP contribution in [0.4, 0.5) is 0 Å². The second-order valence-corrected chi connectivity index (χ2v) is 7.85. The predicted octanol–water partition coefficient (Wildman–Crippen LogP) is 2.05. The molecule has 3 N–H and O–H groups in total. The van der Waals surface area contributed by atoms with Crippen molar-refractivity contribution >= 4 is 32.7 Å². The highest BCUT2D eigenvalue weighted by Gasteiger charge is 2.25. The summed E-state index contributed by atoms with van der Waals surface area (Å²) in [4.78, 5) is 7.00. The third kappa shape index (κ3) is 3.12. The Balaban J connectivity index is 1.80. The van der Waals surface area contributed by atoms with Crippen LogP contribution in [0.5, 0.6) is 0 Å². The van der Waals surface area contributed by atoms with Gasteiger partial charge in [-0.1, -0.05) is 18.0 Å². The highest BCUT2D eigenvalue weighted by atomic mass is 35.5. The average molecular weight is 344 g/mol. The van der Waals surface area contributed by atoms with Gasteiger partial charge in [-0.05, 0) is 31.2 Å². The maximum atomic E-state index is 12.5. The zero-order valence-corrected chi connectivity index (χ0v) is 13.5. The number of aliphatic hydroxyl groups excluding tert-OH is 1.